The number of carbonyl (C=O) groups excluding carboxylic acids is 1. The molecule has 20 heavy (non-hydrogen) atoms. The molecule has 2 rings (SSSR count). The van der Waals surface area contributed by atoms with E-state index in [9.17, 15) is 4.79 Å². The molecule has 106 valence electrons. The van der Waals surface area contributed by atoms with Crippen molar-refractivity contribution in [1.82, 2.24) is 4.90 Å². The molecule has 0 N–H and O–H groups in total. The molecule has 0 aliphatic carbocycles. The Morgan fingerprint density at radius 2 is 1.95 bits per heavy atom. The van der Waals surface area contributed by atoms with Crippen LogP contribution in [-0.4, -0.2) is 25.0 Å². The number of benzene rings is 1. The highest BCUT2D eigenvalue weighted by Gasteiger charge is 2.17. The van der Waals surface area contributed by atoms with Gasteiger partial charge < -0.3 is 9.15 Å². The summed E-state index contributed by atoms with van der Waals surface area (Å²) < 4.78 is 11.0. The van der Waals surface area contributed by atoms with Crippen LogP contribution in [0.25, 0.3) is 0 Å². The van der Waals surface area contributed by atoms with E-state index in [0.29, 0.717) is 6.54 Å². The second-order valence-electron chi connectivity index (χ2n) is 4.53. The molecule has 0 aliphatic rings. The number of carbonyl (C=O) groups is 1. The molecule has 0 radical (unpaired) electrons. The van der Waals surface area contributed by atoms with Crippen LogP contribution in [0.4, 0.5) is 0 Å². The molecule has 0 fully saturated rings. The molecule has 1 aromatic carbocycles. The minimum atomic E-state index is -0.445. The summed E-state index contributed by atoms with van der Waals surface area (Å²) in [5.74, 6) is -0.175. The Labute approximate surface area is 126 Å². The van der Waals surface area contributed by atoms with Crippen LogP contribution in [0.15, 0.2) is 45.5 Å². The number of hydrogen-bond acceptors (Lipinski definition) is 4. The van der Waals surface area contributed by atoms with Crippen molar-refractivity contribution < 1.29 is 13.9 Å². The smallest absolute Gasteiger partial charge is 0.374 e. The van der Waals surface area contributed by atoms with E-state index in [1.54, 1.807) is 6.07 Å². The fourth-order valence-electron chi connectivity index (χ4n) is 2.00. The van der Waals surface area contributed by atoms with Crippen molar-refractivity contribution in [2.24, 2.45) is 0 Å². The molecule has 1 aromatic heterocycles. The molecule has 2 aromatic rings. The summed E-state index contributed by atoms with van der Waals surface area (Å²) in [5.41, 5.74) is 2.02. The summed E-state index contributed by atoms with van der Waals surface area (Å²) in [6, 6.07) is 9.87. The molecule has 5 heteroatoms. The zero-order valence-corrected chi connectivity index (χ0v) is 13.0. The Morgan fingerprint density at radius 3 is 2.65 bits per heavy atom. The van der Waals surface area contributed by atoms with Crippen molar-refractivity contribution in [1.29, 1.82) is 0 Å². The first-order chi connectivity index (χ1) is 9.61. The molecule has 0 saturated heterocycles. The third-order valence-electron chi connectivity index (χ3n) is 2.96. The number of methoxy groups -OCH3 is 1. The average molecular weight is 338 g/mol. The minimum absolute atomic E-state index is 0.270. The molecular formula is C15H16BrNO3. The molecule has 1 heterocycles. The van der Waals surface area contributed by atoms with Crippen LogP contribution >= 0.6 is 15.9 Å². The van der Waals surface area contributed by atoms with Gasteiger partial charge in [0.1, 0.15) is 0 Å². The summed E-state index contributed by atoms with van der Waals surface area (Å²) in [6.45, 7) is 1.38. The van der Waals surface area contributed by atoms with Gasteiger partial charge in [0.2, 0.25) is 5.76 Å². The van der Waals surface area contributed by atoms with Crippen LogP contribution in [0.5, 0.6) is 0 Å². The Kier molecular flexibility index (Phi) is 4.98. The topological polar surface area (TPSA) is 42.7 Å². The number of ether oxygens (including phenoxy) is 1. The Morgan fingerprint density at radius 1 is 1.25 bits per heavy atom. The van der Waals surface area contributed by atoms with Crippen molar-refractivity contribution in [2.45, 2.75) is 13.1 Å². The Balaban J connectivity index is 2.05. The molecule has 0 saturated carbocycles. The summed E-state index contributed by atoms with van der Waals surface area (Å²) >= 11 is 3.53. The largest absolute Gasteiger partial charge is 0.463 e. The van der Waals surface area contributed by atoms with E-state index in [4.69, 9.17) is 9.15 Å². The van der Waals surface area contributed by atoms with Gasteiger partial charge in [-0.2, -0.15) is 0 Å². The molecule has 0 spiro atoms. The van der Waals surface area contributed by atoms with Gasteiger partial charge in [0.25, 0.3) is 0 Å². The van der Waals surface area contributed by atoms with Crippen LogP contribution < -0.4 is 0 Å². The maximum Gasteiger partial charge on any atom is 0.374 e. The molecule has 0 amide bonds. The normalized spacial score (nSPS) is 10.8. The van der Waals surface area contributed by atoms with Gasteiger partial charge in [-0.15, -0.1) is 0 Å². The molecule has 0 unspecified atom stereocenters. The second kappa shape index (κ2) is 6.72. The standard InChI is InChI=1S/C15H16BrNO3/c1-17(9-11-5-3-4-6-13(11)16)10-12-7-8-20-14(12)15(18)19-2/h3-8H,9-10H2,1-2H3. The maximum absolute atomic E-state index is 11.5. The fourth-order valence-corrected chi connectivity index (χ4v) is 2.41. The molecular weight excluding hydrogens is 322 g/mol. The molecule has 0 aliphatic heterocycles. The van der Waals surface area contributed by atoms with Crippen LogP contribution in [0.1, 0.15) is 21.7 Å². The van der Waals surface area contributed by atoms with Crippen LogP contribution in [-0.2, 0) is 17.8 Å². The summed E-state index contributed by atoms with van der Waals surface area (Å²) in [6.07, 6.45) is 1.51. The average Bonchev–Trinajstić information content (AvgIpc) is 2.88. The molecule has 0 bridgehead atoms. The predicted octanol–water partition coefficient (Wildman–Crippen LogP) is 3.46. The van der Waals surface area contributed by atoms with Gasteiger partial charge in [0, 0.05) is 23.1 Å². The van der Waals surface area contributed by atoms with Gasteiger partial charge in [-0.05, 0) is 24.7 Å². The van der Waals surface area contributed by atoms with Crippen molar-refractivity contribution in [3.63, 3.8) is 0 Å². The van der Waals surface area contributed by atoms with Crippen molar-refractivity contribution in [3.05, 3.63) is 58.0 Å². The summed E-state index contributed by atoms with van der Waals surface area (Å²) in [4.78, 5) is 13.7. The molecule has 0 atom stereocenters. The monoisotopic (exact) mass is 337 g/mol. The highest BCUT2D eigenvalue weighted by atomic mass is 79.9. The SMILES string of the molecule is COC(=O)c1occc1CN(C)Cc1ccccc1Br. The first-order valence-electron chi connectivity index (χ1n) is 6.18. The fraction of sp³-hybridized carbons (Fsp3) is 0.267. The lowest BCUT2D eigenvalue weighted by molar-refractivity contribution is 0.0562. The van der Waals surface area contributed by atoms with Gasteiger partial charge in [0.15, 0.2) is 0 Å². The van der Waals surface area contributed by atoms with Gasteiger partial charge in [0.05, 0.1) is 13.4 Å². The van der Waals surface area contributed by atoms with E-state index in [2.05, 4.69) is 26.9 Å². The number of esters is 1. The lowest BCUT2D eigenvalue weighted by Gasteiger charge is -2.17. The second-order valence-corrected chi connectivity index (χ2v) is 5.38. The zero-order chi connectivity index (χ0) is 14.5. The third-order valence-corrected chi connectivity index (χ3v) is 3.73. The van der Waals surface area contributed by atoms with Gasteiger partial charge in [-0.25, -0.2) is 4.79 Å². The van der Waals surface area contributed by atoms with Gasteiger partial charge in [-0.1, -0.05) is 34.1 Å². The molecule has 4 nitrogen and oxygen atoms in total. The Hall–Kier alpha value is -1.59. The quantitative estimate of drug-likeness (QED) is 0.783. The minimum Gasteiger partial charge on any atom is -0.463 e. The number of hydrogen-bond donors (Lipinski definition) is 0. The van der Waals surface area contributed by atoms with E-state index in [1.807, 2.05) is 25.2 Å². The Bertz CT molecular complexity index is 594. The lowest BCUT2D eigenvalue weighted by atomic mass is 10.2. The number of furan rings is 1. The predicted molar refractivity (Wildman–Crippen MR) is 79.4 cm³/mol. The van der Waals surface area contributed by atoms with E-state index >= 15 is 0 Å². The van der Waals surface area contributed by atoms with Crippen molar-refractivity contribution in [3.8, 4) is 0 Å². The van der Waals surface area contributed by atoms with E-state index < -0.39 is 5.97 Å². The number of nitrogens with zero attached hydrogens (tertiary/aromatic N) is 1. The third kappa shape index (κ3) is 3.49. The van der Waals surface area contributed by atoms with Crippen LogP contribution in [0.2, 0.25) is 0 Å². The van der Waals surface area contributed by atoms with Crippen molar-refractivity contribution in [2.75, 3.05) is 14.2 Å². The maximum atomic E-state index is 11.5. The number of halogens is 1. The number of rotatable bonds is 5. The van der Waals surface area contributed by atoms with Crippen LogP contribution in [0, 0.1) is 0 Å². The summed E-state index contributed by atoms with van der Waals surface area (Å²) in [5, 5.41) is 0. The van der Waals surface area contributed by atoms with Crippen LogP contribution in [0.3, 0.4) is 0 Å². The van der Waals surface area contributed by atoms with E-state index in [0.717, 1.165) is 16.6 Å². The van der Waals surface area contributed by atoms with Crippen molar-refractivity contribution >= 4 is 21.9 Å². The summed E-state index contributed by atoms with van der Waals surface area (Å²) in [7, 11) is 3.34. The lowest BCUT2D eigenvalue weighted by Crippen LogP contribution is -2.18. The highest BCUT2D eigenvalue weighted by molar-refractivity contribution is 9.10. The van der Waals surface area contributed by atoms with Gasteiger partial charge >= 0.3 is 5.97 Å². The first kappa shape index (κ1) is 14.8. The highest BCUT2D eigenvalue weighted by Crippen LogP contribution is 2.19. The van der Waals surface area contributed by atoms with E-state index in [-0.39, 0.29) is 5.76 Å². The first-order valence-corrected chi connectivity index (χ1v) is 6.97. The van der Waals surface area contributed by atoms with E-state index in [1.165, 1.54) is 18.9 Å². The van der Waals surface area contributed by atoms with Gasteiger partial charge in [-0.3, -0.25) is 4.90 Å². The zero-order valence-electron chi connectivity index (χ0n) is 11.4.